The zero-order valence-electron chi connectivity index (χ0n) is 22.7. The van der Waals surface area contributed by atoms with Crippen LogP contribution in [0.2, 0.25) is 5.02 Å². The summed E-state index contributed by atoms with van der Waals surface area (Å²) in [4.78, 5) is 27.2. The van der Waals surface area contributed by atoms with Crippen LogP contribution in [-0.2, 0) is 14.8 Å². The normalized spacial score (nSPS) is 13.8. The molecule has 11 nitrogen and oxygen atoms in total. The number of rotatable bonds is 10. The number of carbonyl (C=O) groups is 1. The fraction of sp³-hybridized carbons (Fsp3) is 0.259. The largest absolute Gasteiger partial charge is 0.453 e. The maximum atomic E-state index is 15.0. The second kappa shape index (κ2) is 12.1. The van der Waals surface area contributed by atoms with Gasteiger partial charge in [-0.1, -0.05) is 17.7 Å². The maximum Gasteiger partial charge on any atom is 0.407 e. The van der Waals surface area contributed by atoms with Gasteiger partial charge in [0.1, 0.15) is 33.9 Å². The highest BCUT2D eigenvalue weighted by Crippen LogP contribution is 2.43. The van der Waals surface area contributed by atoms with Crippen LogP contribution in [0.4, 0.5) is 29.6 Å². The molecule has 2 aromatic heterocycles. The summed E-state index contributed by atoms with van der Waals surface area (Å²) in [6.07, 6.45) is 2.60. The standard InChI is InChI=1S/C27H25ClF3N7O4S/c1-13(34-27(39)42-2)12-33-26-32-9-8-19(35-26)24-22(36-25(37-24)14-6-7-14)16-10-15(29)11-20(21(16)28)43(40,41)38-23-17(30)4-3-5-18(23)31/h3-5,8-11,13-14,38H,6-7,12H2,1-2H3,(H,34,39)(H,36,37)(H,32,33,35)/t13-/m0/s1. The van der Waals surface area contributed by atoms with E-state index in [2.05, 4.69) is 35.3 Å². The van der Waals surface area contributed by atoms with Crippen molar-refractivity contribution in [3.63, 3.8) is 0 Å². The van der Waals surface area contributed by atoms with Crippen molar-refractivity contribution < 1.29 is 31.1 Å². The van der Waals surface area contributed by atoms with Gasteiger partial charge in [-0.2, -0.15) is 0 Å². The number of hydrogen-bond donors (Lipinski definition) is 4. The lowest BCUT2D eigenvalue weighted by atomic mass is 10.1. The first kappa shape index (κ1) is 30.1. The number of halogens is 4. The van der Waals surface area contributed by atoms with Gasteiger partial charge in [-0.05, 0) is 50.1 Å². The Morgan fingerprint density at radius 2 is 1.88 bits per heavy atom. The summed E-state index contributed by atoms with van der Waals surface area (Å²) < 4.78 is 76.3. The molecule has 16 heteroatoms. The van der Waals surface area contributed by atoms with E-state index in [1.165, 1.54) is 13.3 Å². The predicted octanol–water partition coefficient (Wildman–Crippen LogP) is 5.44. The predicted molar refractivity (Wildman–Crippen MR) is 153 cm³/mol. The van der Waals surface area contributed by atoms with E-state index in [0.29, 0.717) is 23.3 Å². The van der Waals surface area contributed by atoms with Crippen LogP contribution in [0.1, 0.15) is 31.5 Å². The van der Waals surface area contributed by atoms with E-state index in [0.717, 1.165) is 37.1 Å². The molecule has 0 radical (unpaired) electrons. The van der Waals surface area contributed by atoms with E-state index in [1.54, 1.807) is 13.0 Å². The van der Waals surface area contributed by atoms with Crippen LogP contribution in [0, 0.1) is 17.5 Å². The molecule has 0 saturated heterocycles. The van der Waals surface area contributed by atoms with Crippen molar-refractivity contribution in [3.8, 4) is 22.6 Å². The second-order valence-corrected chi connectivity index (χ2v) is 11.8. The van der Waals surface area contributed by atoms with E-state index in [9.17, 15) is 26.4 Å². The van der Waals surface area contributed by atoms with E-state index in [4.69, 9.17) is 11.6 Å². The number of sulfonamides is 1. The molecule has 0 aliphatic heterocycles. The monoisotopic (exact) mass is 635 g/mol. The number of anilines is 2. The quantitative estimate of drug-likeness (QED) is 0.180. The van der Waals surface area contributed by atoms with Crippen molar-refractivity contribution in [2.45, 2.75) is 36.6 Å². The first-order chi connectivity index (χ1) is 20.5. The number of aromatic amines is 1. The van der Waals surface area contributed by atoms with Crippen molar-refractivity contribution >= 4 is 39.4 Å². The number of alkyl carbamates (subject to hydrolysis) is 1. The molecular formula is C27H25ClF3N7O4S. The van der Waals surface area contributed by atoms with Gasteiger partial charge in [-0.3, -0.25) is 4.72 Å². The fourth-order valence-electron chi connectivity index (χ4n) is 4.18. The highest BCUT2D eigenvalue weighted by Gasteiger charge is 2.31. The third-order valence-electron chi connectivity index (χ3n) is 6.46. The van der Waals surface area contributed by atoms with Crippen molar-refractivity contribution in [3.05, 3.63) is 70.9 Å². The van der Waals surface area contributed by atoms with Crippen LogP contribution in [-0.4, -0.2) is 54.1 Å². The smallest absolute Gasteiger partial charge is 0.407 e. The molecule has 1 aliphatic carbocycles. The molecule has 1 saturated carbocycles. The highest BCUT2D eigenvalue weighted by atomic mass is 35.5. The average molecular weight is 636 g/mol. The molecule has 1 atom stereocenters. The van der Waals surface area contributed by atoms with Gasteiger partial charge in [0.2, 0.25) is 5.95 Å². The lowest BCUT2D eigenvalue weighted by Crippen LogP contribution is -2.37. The number of imidazole rings is 1. The Labute approximate surface area is 249 Å². The molecule has 2 aromatic carbocycles. The molecule has 5 rings (SSSR count). The van der Waals surface area contributed by atoms with Gasteiger partial charge < -0.3 is 20.4 Å². The number of ether oxygens (including phenoxy) is 1. The molecule has 0 bridgehead atoms. The van der Waals surface area contributed by atoms with E-state index < -0.39 is 49.2 Å². The highest BCUT2D eigenvalue weighted by molar-refractivity contribution is 7.92. The number of para-hydroxylation sites is 1. The number of methoxy groups -OCH3 is 1. The van der Waals surface area contributed by atoms with E-state index >= 15 is 0 Å². The summed E-state index contributed by atoms with van der Waals surface area (Å²) in [6.45, 7) is 2.00. The van der Waals surface area contributed by atoms with Gasteiger partial charge in [-0.15, -0.1) is 0 Å². The first-order valence-electron chi connectivity index (χ1n) is 12.9. The van der Waals surface area contributed by atoms with Crippen LogP contribution in [0.25, 0.3) is 22.6 Å². The van der Waals surface area contributed by atoms with Crippen molar-refractivity contribution in [1.29, 1.82) is 0 Å². The topological polar surface area (TPSA) is 151 Å². The SMILES string of the molecule is COC(=O)N[C@@H](C)CNc1nccc(-c2[nH]c(C3CC3)nc2-c2cc(F)cc(S(=O)(=O)Nc3c(F)cccc3F)c2Cl)n1. The molecule has 1 aliphatic rings. The second-order valence-electron chi connectivity index (χ2n) is 9.77. The van der Waals surface area contributed by atoms with Crippen LogP contribution in [0.3, 0.4) is 0 Å². The minimum Gasteiger partial charge on any atom is -0.453 e. The van der Waals surface area contributed by atoms with Crippen LogP contribution < -0.4 is 15.4 Å². The summed E-state index contributed by atoms with van der Waals surface area (Å²) in [5, 5.41) is 5.19. The summed E-state index contributed by atoms with van der Waals surface area (Å²) in [7, 11) is -3.51. The van der Waals surface area contributed by atoms with Gasteiger partial charge in [0.15, 0.2) is 0 Å². The number of amides is 1. The van der Waals surface area contributed by atoms with Crippen molar-refractivity contribution in [2.24, 2.45) is 0 Å². The van der Waals surface area contributed by atoms with Crippen LogP contribution in [0.5, 0.6) is 0 Å². The van der Waals surface area contributed by atoms with Crippen LogP contribution in [0.15, 0.2) is 47.5 Å². The number of carbonyl (C=O) groups excluding carboxylic acids is 1. The zero-order chi connectivity index (χ0) is 30.9. The van der Waals surface area contributed by atoms with E-state index in [-0.39, 0.29) is 35.7 Å². The number of nitrogens with one attached hydrogen (secondary N) is 4. The number of H-pyrrole nitrogens is 1. The minimum atomic E-state index is -4.76. The van der Waals surface area contributed by atoms with Gasteiger partial charge in [0.05, 0.1) is 29.2 Å². The Balaban J connectivity index is 1.53. The molecule has 43 heavy (non-hydrogen) atoms. The Morgan fingerprint density at radius 1 is 1.16 bits per heavy atom. The molecule has 1 fully saturated rings. The Morgan fingerprint density at radius 3 is 2.56 bits per heavy atom. The molecular weight excluding hydrogens is 611 g/mol. The molecule has 0 spiro atoms. The van der Waals surface area contributed by atoms with E-state index in [1.807, 2.05) is 4.72 Å². The van der Waals surface area contributed by atoms with Gasteiger partial charge in [-0.25, -0.2) is 41.3 Å². The van der Waals surface area contributed by atoms with Gasteiger partial charge in [0, 0.05) is 30.3 Å². The van der Waals surface area contributed by atoms with Gasteiger partial charge >= 0.3 is 6.09 Å². The summed E-state index contributed by atoms with van der Waals surface area (Å²) in [5.74, 6) is -2.42. The molecule has 226 valence electrons. The number of benzene rings is 2. The third-order valence-corrected chi connectivity index (χ3v) is 8.35. The molecule has 0 unspecified atom stereocenters. The molecule has 4 N–H and O–H groups in total. The zero-order valence-corrected chi connectivity index (χ0v) is 24.3. The maximum absolute atomic E-state index is 15.0. The number of aromatic nitrogens is 4. The summed E-state index contributed by atoms with van der Waals surface area (Å²) in [5.41, 5.74) is -0.254. The minimum absolute atomic E-state index is 0.0850. The summed E-state index contributed by atoms with van der Waals surface area (Å²) in [6, 6.07) is 5.72. The number of hydrogen-bond acceptors (Lipinski definition) is 8. The van der Waals surface area contributed by atoms with Crippen LogP contribution >= 0.6 is 11.6 Å². The molecule has 1 amide bonds. The van der Waals surface area contributed by atoms with Crippen molar-refractivity contribution in [1.82, 2.24) is 25.3 Å². The molecule has 4 aromatic rings. The molecule has 2 heterocycles. The number of nitrogens with zero attached hydrogens (tertiary/aromatic N) is 3. The Bertz CT molecular complexity index is 1780. The fourth-order valence-corrected chi connectivity index (χ4v) is 5.87. The van der Waals surface area contributed by atoms with Crippen molar-refractivity contribution in [2.75, 3.05) is 23.7 Å². The average Bonchev–Trinajstić information content (AvgIpc) is 3.73. The lowest BCUT2D eigenvalue weighted by Gasteiger charge is -2.14. The first-order valence-corrected chi connectivity index (χ1v) is 14.8. The Kier molecular flexibility index (Phi) is 8.46. The lowest BCUT2D eigenvalue weighted by molar-refractivity contribution is 0.168. The van der Waals surface area contributed by atoms with Gasteiger partial charge in [0.25, 0.3) is 10.0 Å². The third kappa shape index (κ3) is 6.67. The Hall–Kier alpha value is -4.37. The summed E-state index contributed by atoms with van der Waals surface area (Å²) >= 11 is 6.56.